The van der Waals surface area contributed by atoms with Crippen LogP contribution in [0.1, 0.15) is 48.3 Å². The molecule has 1 spiro atoms. The van der Waals surface area contributed by atoms with Gasteiger partial charge in [0.15, 0.2) is 0 Å². The first-order valence-corrected chi connectivity index (χ1v) is 9.74. The number of nitrogens with zero attached hydrogens (tertiary/aromatic N) is 2. The standard InChI is InChI=1S/C22H26N2O/c1-2-6-20-17(4-1)7-8-19(20)16-24-14-11-22(12-15-24)10-9-18-5-3-13-23-21(18)25-22/h1-6,13,19H,7-12,14-16H2. The van der Waals surface area contributed by atoms with E-state index in [1.807, 2.05) is 12.3 Å². The largest absolute Gasteiger partial charge is 0.471 e. The van der Waals surface area contributed by atoms with Crippen LogP contribution in [0.5, 0.6) is 5.88 Å². The summed E-state index contributed by atoms with van der Waals surface area (Å²) in [5, 5.41) is 0. The van der Waals surface area contributed by atoms with Gasteiger partial charge in [-0.05, 0) is 61.6 Å². The fourth-order valence-electron chi connectivity index (χ4n) is 4.97. The molecule has 5 rings (SSSR count). The van der Waals surface area contributed by atoms with Gasteiger partial charge in [-0.3, -0.25) is 0 Å². The second kappa shape index (κ2) is 6.14. The summed E-state index contributed by atoms with van der Waals surface area (Å²) in [7, 11) is 0. The highest BCUT2D eigenvalue weighted by Gasteiger charge is 2.40. The monoisotopic (exact) mass is 334 g/mol. The van der Waals surface area contributed by atoms with E-state index in [4.69, 9.17) is 4.74 Å². The Morgan fingerprint density at radius 1 is 1.00 bits per heavy atom. The Labute approximate surface area is 150 Å². The first-order chi connectivity index (χ1) is 12.3. The Bertz CT molecular complexity index is 764. The zero-order chi connectivity index (χ0) is 16.7. The molecule has 1 aromatic heterocycles. The van der Waals surface area contributed by atoms with Crippen LogP contribution in [0.25, 0.3) is 0 Å². The number of likely N-dealkylation sites (tertiary alicyclic amines) is 1. The maximum absolute atomic E-state index is 6.40. The zero-order valence-electron chi connectivity index (χ0n) is 14.8. The molecule has 0 saturated carbocycles. The third-order valence-electron chi connectivity index (χ3n) is 6.52. The molecule has 0 bridgehead atoms. The first kappa shape index (κ1) is 15.4. The Kier molecular flexibility index (Phi) is 3.78. The summed E-state index contributed by atoms with van der Waals surface area (Å²) in [4.78, 5) is 7.12. The zero-order valence-corrected chi connectivity index (χ0v) is 14.8. The molecule has 1 aromatic carbocycles. The normalized spacial score (nSPS) is 24.6. The predicted octanol–water partition coefficient (Wildman–Crippen LogP) is 3.97. The molecular weight excluding hydrogens is 308 g/mol. The second-order valence-corrected chi connectivity index (χ2v) is 7.99. The van der Waals surface area contributed by atoms with Gasteiger partial charge in [-0.1, -0.05) is 30.3 Å². The van der Waals surface area contributed by atoms with Gasteiger partial charge >= 0.3 is 0 Å². The van der Waals surface area contributed by atoms with Crippen molar-refractivity contribution >= 4 is 0 Å². The summed E-state index contributed by atoms with van der Waals surface area (Å²) in [6, 6.07) is 13.2. The van der Waals surface area contributed by atoms with Crippen LogP contribution in [0, 0.1) is 0 Å². The van der Waals surface area contributed by atoms with Gasteiger partial charge in [-0.2, -0.15) is 0 Å². The molecule has 0 radical (unpaired) electrons. The number of benzene rings is 1. The van der Waals surface area contributed by atoms with Gasteiger partial charge in [0, 0.05) is 31.4 Å². The predicted molar refractivity (Wildman–Crippen MR) is 99.1 cm³/mol. The molecule has 1 unspecified atom stereocenters. The molecule has 1 aliphatic carbocycles. The van der Waals surface area contributed by atoms with Gasteiger partial charge in [0.05, 0.1) is 0 Å². The summed E-state index contributed by atoms with van der Waals surface area (Å²) < 4.78 is 6.40. The maximum Gasteiger partial charge on any atom is 0.217 e. The van der Waals surface area contributed by atoms with Crippen LogP contribution in [-0.2, 0) is 12.8 Å². The van der Waals surface area contributed by atoms with E-state index in [1.54, 1.807) is 11.1 Å². The minimum Gasteiger partial charge on any atom is -0.471 e. The molecule has 1 fully saturated rings. The summed E-state index contributed by atoms with van der Waals surface area (Å²) in [6.07, 6.45) is 8.95. The topological polar surface area (TPSA) is 25.4 Å². The van der Waals surface area contributed by atoms with Crippen molar-refractivity contribution in [1.82, 2.24) is 9.88 Å². The van der Waals surface area contributed by atoms with Crippen molar-refractivity contribution < 1.29 is 4.74 Å². The molecule has 0 amide bonds. The number of hydrogen-bond acceptors (Lipinski definition) is 3. The summed E-state index contributed by atoms with van der Waals surface area (Å²) >= 11 is 0. The highest BCUT2D eigenvalue weighted by Crippen LogP contribution is 2.39. The summed E-state index contributed by atoms with van der Waals surface area (Å²) in [5.41, 5.74) is 4.47. The van der Waals surface area contributed by atoms with Crippen LogP contribution in [0.15, 0.2) is 42.6 Å². The fourth-order valence-corrected chi connectivity index (χ4v) is 4.97. The average molecular weight is 334 g/mol. The van der Waals surface area contributed by atoms with Crippen molar-refractivity contribution in [3.63, 3.8) is 0 Å². The van der Waals surface area contributed by atoms with Crippen molar-refractivity contribution in [3.8, 4) is 5.88 Å². The van der Waals surface area contributed by atoms with Gasteiger partial charge in [0.1, 0.15) is 5.60 Å². The minimum absolute atomic E-state index is 0.0332. The van der Waals surface area contributed by atoms with Gasteiger partial charge in [-0.15, -0.1) is 0 Å². The number of aromatic nitrogens is 1. The molecule has 2 aliphatic heterocycles. The highest BCUT2D eigenvalue weighted by molar-refractivity contribution is 5.35. The Morgan fingerprint density at radius 3 is 2.76 bits per heavy atom. The molecular formula is C22H26N2O. The van der Waals surface area contributed by atoms with Crippen LogP contribution >= 0.6 is 0 Å². The quantitative estimate of drug-likeness (QED) is 0.831. The maximum atomic E-state index is 6.40. The van der Waals surface area contributed by atoms with Gasteiger partial charge in [0.25, 0.3) is 0 Å². The first-order valence-electron chi connectivity index (χ1n) is 9.74. The minimum atomic E-state index is 0.0332. The summed E-state index contributed by atoms with van der Waals surface area (Å²) in [5.74, 6) is 1.60. The Morgan fingerprint density at radius 2 is 1.84 bits per heavy atom. The lowest BCUT2D eigenvalue weighted by molar-refractivity contribution is -0.0192. The Hall–Kier alpha value is -1.87. The van der Waals surface area contributed by atoms with Crippen molar-refractivity contribution in [1.29, 1.82) is 0 Å². The number of ether oxygens (including phenoxy) is 1. The number of pyridine rings is 1. The number of piperidine rings is 1. The molecule has 3 aliphatic rings. The molecule has 25 heavy (non-hydrogen) atoms. The van der Waals surface area contributed by atoms with E-state index in [1.165, 1.54) is 24.9 Å². The van der Waals surface area contributed by atoms with Crippen LogP contribution in [0.4, 0.5) is 0 Å². The van der Waals surface area contributed by atoms with E-state index in [2.05, 4.69) is 40.2 Å². The molecule has 1 atom stereocenters. The van der Waals surface area contributed by atoms with Crippen molar-refractivity contribution in [2.24, 2.45) is 0 Å². The molecule has 0 N–H and O–H groups in total. The Balaban J connectivity index is 1.23. The third kappa shape index (κ3) is 2.85. The number of hydrogen-bond donors (Lipinski definition) is 0. The van der Waals surface area contributed by atoms with Crippen molar-refractivity contribution in [2.75, 3.05) is 19.6 Å². The van der Waals surface area contributed by atoms with E-state index in [-0.39, 0.29) is 5.60 Å². The molecule has 3 heteroatoms. The van der Waals surface area contributed by atoms with Crippen LogP contribution in [0.3, 0.4) is 0 Å². The fraction of sp³-hybridized carbons (Fsp3) is 0.500. The van der Waals surface area contributed by atoms with E-state index in [9.17, 15) is 0 Å². The second-order valence-electron chi connectivity index (χ2n) is 7.99. The highest BCUT2D eigenvalue weighted by atomic mass is 16.5. The number of fused-ring (bicyclic) bond motifs is 2. The summed E-state index contributed by atoms with van der Waals surface area (Å²) in [6.45, 7) is 3.52. The lowest BCUT2D eigenvalue weighted by Gasteiger charge is -2.44. The van der Waals surface area contributed by atoms with Gasteiger partial charge < -0.3 is 9.64 Å². The average Bonchev–Trinajstić information content (AvgIpc) is 3.07. The van der Waals surface area contributed by atoms with Crippen molar-refractivity contribution in [3.05, 3.63) is 59.3 Å². The molecule has 3 nitrogen and oxygen atoms in total. The molecule has 130 valence electrons. The van der Waals surface area contributed by atoms with E-state index in [0.717, 1.165) is 50.6 Å². The van der Waals surface area contributed by atoms with Crippen LogP contribution in [0.2, 0.25) is 0 Å². The lowest BCUT2D eigenvalue weighted by Crippen LogP contribution is -2.50. The third-order valence-corrected chi connectivity index (χ3v) is 6.52. The van der Waals surface area contributed by atoms with Crippen LogP contribution in [-0.4, -0.2) is 35.1 Å². The van der Waals surface area contributed by atoms with Crippen molar-refractivity contribution in [2.45, 2.75) is 50.0 Å². The van der Waals surface area contributed by atoms with Crippen LogP contribution < -0.4 is 4.74 Å². The molecule has 3 heterocycles. The lowest BCUT2D eigenvalue weighted by atomic mass is 9.83. The molecule has 2 aromatic rings. The van der Waals surface area contributed by atoms with Gasteiger partial charge in [0.2, 0.25) is 5.88 Å². The van der Waals surface area contributed by atoms with E-state index >= 15 is 0 Å². The van der Waals surface area contributed by atoms with E-state index in [0.29, 0.717) is 0 Å². The molecule has 1 saturated heterocycles. The smallest absolute Gasteiger partial charge is 0.217 e. The number of aryl methyl sites for hydroxylation is 2. The van der Waals surface area contributed by atoms with E-state index < -0.39 is 0 Å². The van der Waals surface area contributed by atoms with Gasteiger partial charge in [-0.25, -0.2) is 4.98 Å². The SMILES string of the molecule is c1ccc2c(c1)CCC2CN1CCC2(CCc3cccnc3O2)CC1. The number of rotatable bonds is 2.